The number of H-pyrrole nitrogens is 1. The van der Waals surface area contributed by atoms with Gasteiger partial charge < -0.3 is 45.7 Å². The van der Waals surface area contributed by atoms with Crippen molar-refractivity contribution in [2.45, 2.75) is 37.5 Å². The minimum Gasteiger partial charge on any atom is -0.506 e. The first-order valence-electron chi connectivity index (χ1n) is 18.1. The third-order valence-corrected chi connectivity index (χ3v) is 10.6. The molecule has 12 nitrogen and oxygen atoms in total. The van der Waals surface area contributed by atoms with Crippen LogP contribution in [0.3, 0.4) is 0 Å². The quantitative estimate of drug-likeness (QED) is 0.0624. The maximum atomic E-state index is 12.5. The number of phenols is 1. The van der Waals surface area contributed by atoms with Crippen molar-refractivity contribution in [2.24, 2.45) is 11.8 Å². The number of rotatable bonds is 13. The second kappa shape index (κ2) is 17.4. The lowest BCUT2D eigenvalue weighted by atomic mass is 9.63. The van der Waals surface area contributed by atoms with E-state index in [4.69, 9.17) is 14.6 Å². The average molecular weight is 735 g/mol. The molecule has 0 saturated carbocycles. The Morgan fingerprint density at radius 1 is 0.944 bits per heavy atom. The predicted molar refractivity (Wildman–Crippen MR) is 205 cm³/mol. The summed E-state index contributed by atoms with van der Waals surface area (Å²) in [7, 11) is 0. The molecular formula is C42H46N4O8. The highest BCUT2D eigenvalue weighted by Gasteiger charge is 2.50. The second-order valence-electron chi connectivity index (χ2n) is 13.8. The summed E-state index contributed by atoms with van der Waals surface area (Å²) in [5, 5.41) is 45.1. The zero-order valence-corrected chi connectivity index (χ0v) is 29.9. The van der Waals surface area contributed by atoms with E-state index in [1.165, 1.54) is 12.1 Å². The van der Waals surface area contributed by atoms with Crippen LogP contribution in [0.25, 0.3) is 10.9 Å². The number of aliphatic hydroxyl groups is 1. The van der Waals surface area contributed by atoms with Crippen molar-refractivity contribution in [3.63, 3.8) is 0 Å². The van der Waals surface area contributed by atoms with Gasteiger partial charge in [0.2, 0.25) is 5.56 Å². The minimum atomic E-state index is -1.05. The molecule has 282 valence electrons. The number of ether oxygens (including phenoxy) is 1. The van der Waals surface area contributed by atoms with E-state index in [9.17, 15) is 24.9 Å². The highest BCUT2D eigenvalue weighted by Crippen LogP contribution is 2.47. The molecule has 0 spiro atoms. The van der Waals surface area contributed by atoms with Crippen molar-refractivity contribution >= 4 is 23.5 Å². The van der Waals surface area contributed by atoms with Gasteiger partial charge in [0.05, 0.1) is 17.2 Å². The number of piperidine rings is 3. The van der Waals surface area contributed by atoms with E-state index in [-0.39, 0.29) is 23.7 Å². The highest BCUT2D eigenvalue weighted by molar-refractivity contribution is 5.87. The number of nitrogens with zero attached hydrogens (tertiary/aromatic N) is 1. The van der Waals surface area contributed by atoms with Crippen LogP contribution in [0.15, 0.2) is 108 Å². The number of aromatic nitrogens is 1. The number of aromatic hydroxyl groups is 1. The Hall–Kier alpha value is -5.69. The lowest BCUT2D eigenvalue weighted by Crippen LogP contribution is -2.61. The zero-order chi connectivity index (χ0) is 38.1. The van der Waals surface area contributed by atoms with Gasteiger partial charge in [-0.25, -0.2) is 4.79 Å². The molecule has 5 aromatic rings. The van der Waals surface area contributed by atoms with Gasteiger partial charge in [-0.15, -0.1) is 0 Å². The molecule has 4 aromatic carbocycles. The molecule has 4 heterocycles. The van der Waals surface area contributed by atoms with Crippen LogP contribution >= 0.6 is 0 Å². The van der Waals surface area contributed by atoms with Gasteiger partial charge in [-0.1, -0.05) is 72.8 Å². The highest BCUT2D eigenvalue weighted by atomic mass is 16.5. The summed E-state index contributed by atoms with van der Waals surface area (Å²) in [5.41, 5.74) is 3.64. The molecule has 3 saturated heterocycles. The molecule has 8 rings (SSSR count). The number of aliphatic hydroxyl groups excluding tert-OH is 1. The monoisotopic (exact) mass is 734 g/mol. The third-order valence-electron chi connectivity index (χ3n) is 10.6. The molecule has 54 heavy (non-hydrogen) atoms. The topological polar surface area (TPSA) is 184 Å². The second-order valence-corrected chi connectivity index (χ2v) is 13.8. The standard InChI is InChI=1S/C41H44N4O6.CH2O2/c46-36-14-12-33(34-13-15-38(48)43-39(34)36)37(47)24-42-19-16-27-6-4-7-28(22-27)26-51-32-11-5-10-31(23-32)41(44-40(49)50,30-8-2-1-3-9-30)35-25-45-20-17-29(35)18-21-45;2-1-3/h1-15,22-23,29,35,37,42,44,46-47H,16-21,24-26H2,(H,43,48)(H,49,50);1H,(H,2,3)/t35-,37-,41?;/m0./s1. The summed E-state index contributed by atoms with van der Waals surface area (Å²) in [6.07, 6.45) is 0.976. The summed E-state index contributed by atoms with van der Waals surface area (Å²) < 4.78 is 6.36. The van der Waals surface area contributed by atoms with Crippen molar-refractivity contribution in [3.05, 3.63) is 141 Å². The predicted octanol–water partition coefficient (Wildman–Crippen LogP) is 5.23. The number of phenolic OH excluding ortho intramolecular Hbond substituents is 1. The Labute approximate surface area is 313 Å². The molecule has 7 N–H and O–H groups in total. The first-order chi connectivity index (χ1) is 26.2. The molecule has 3 aliphatic rings. The van der Waals surface area contributed by atoms with Crippen LogP contribution in [0, 0.1) is 11.8 Å². The molecule has 3 atom stereocenters. The minimum absolute atomic E-state index is 0.0388. The summed E-state index contributed by atoms with van der Waals surface area (Å²) in [4.78, 5) is 37.7. The van der Waals surface area contributed by atoms with Gasteiger partial charge in [-0.05, 0) is 96.9 Å². The Kier molecular flexibility index (Phi) is 12.3. The van der Waals surface area contributed by atoms with Crippen molar-refractivity contribution < 1.29 is 34.8 Å². The number of carboxylic acid groups (broad SMARTS) is 2. The molecule has 1 unspecified atom stereocenters. The van der Waals surface area contributed by atoms with Crippen LogP contribution in [-0.4, -0.2) is 75.6 Å². The fourth-order valence-electron chi connectivity index (χ4n) is 8.16. The number of pyridine rings is 1. The SMILES string of the molecule is O=C(O)NC(c1ccccc1)(c1cccc(OCc2cccc(CCNC[C@H](O)c3ccc(O)c4[nH]c(=O)ccc34)c2)c1)[C@H]1CN2CCC1CC2.O=CO. The number of fused-ring (bicyclic) bond motifs is 4. The molecule has 1 amide bonds. The van der Waals surface area contributed by atoms with E-state index in [1.807, 2.05) is 66.7 Å². The molecule has 0 aliphatic carbocycles. The van der Waals surface area contributed by atoms with Crippen LogP contribution < -0.4 is 20.9 Å². The van der Waals surface area contributed by atoms with Gasteiger partial charge >= 0.3 is 6.09 Å². The molecule has 3 aliphatic heterocycles. The Bertz CT molecular complexity index is 2100. The third kappa shape index (κ3) is 8.57. The van der Waals surface area contributed by atoms with Crippen molar-refractivity contribution in [3.8, 4) is 11.5 Å². The fourth-order valence-corrected chi connectivity index (χ4v) is 8.16. The number of aromatic amines is 1. The maximum Gasteiger partial charge on any atom is 0.405 e. The van der Waals surface area contributed by atoms with Gasteiger partial charge in [0.1, 0.15) is 18.1 Å². The van der Waals surface area contributed by atoms with E-state index in [0.717, 1.165) is 61.2 Å². The summed E-state index contributed by atoms with van der Waals surface area (Å²) in [6, 6.07) is 32.2. The average Bonchev–Trinajstić information content (AvgIpc) is 3.19. The van der Waals surface area contributed by atoms with Crippen LogP contribution in [0.1, 0.15) is 46.8 Å². The number of amides is 1. The normalized spacial score (nSPS) is 19.2. The smallest absolute Gasteiger partial charge is 0.405 e. The van der Waals surface area contributed by atoms with Crippen LogP contribution in [0.5, 0.6) is 11.5 Å². The maximum absolute atomic E-state index is 12.5. The first-order valence-corrected chi connectivity index (χ1v) is 18.1. The lowest BCUT2D eigenvalue weighted by Gasteiger charge is -2.53. The molecule has 0 radical (unpaired) electrons. The van der Waals surface area contributed by atoms with Crippen molar-refractivity contribution in [2.75, 3.05) is 32.7 Å². The van der Waals surface area contributed by atoms with E-state index >= 15 is 0 Å². The summed E-state index contributed by atoms with van der Waals surface area (Å²) in [5.74, 6) is 1.12. The van der Waals surface area contributed by atoms with Crippen LogP contribution in [-0.2, 0) is 23.4 Å². The van der Waals surface area contributed by atoms with E-state index in [0.29, 0.717) is 47.8 Å². The van der Waals surface area contributed by atoms with Crippen LogP contribution in [0.4, 0.5) is 4.79 Å². The molecule has 2 bridgehead atoms. The van der Waals surface area contributed by atoms with E-state index < -0.39 is 17.7 Å². The van der Waals surface area contributed by atoms with E-state index in [2.05, 4.69) is 32.7 Å². The van der Waals surface area contributed by atoms with Gasteiger partial charge in [0.15, 0.2) is 0 Å². The van der Waals surface area contributed by atoms with Gasteiger partial charge in [-0.3, -0.25) is 9.59 Å². The Morgan fingerprint density at radius 2 is 1.67 bits per heavy atom. The Balaban J connectivity index is 0.00000160. The molecule has 3 fully saturated rings. The first kappa shape index (κ1) is 38.0. The summed E-state index contributed by atoms with van der Waals surface area (Å²) in [6.45, 7) is 3.99. The Morgan fingerprint density at radius 3 is 2.39 bits per heavy atom. The largest absolute Gasteiger partial charge is 0.506 e. The number of nitrogens with one attached hydrogen (secondary N) is 3. The zero-order valence-electron chi connectivity index (χ0n) is 29.9. The lowest BCUT2D eigenvalue weighted by molar-refractivity contribution is -0.122. The van der Waals surface area contributed by atoms with Gasteiger partial charge in [-0.2, -0.15) is 0 Å². The van der Waals surface area contributed by atoms with Crippen LogP contribution in [0.2, 0.25) is 0 Å². The molecular weight excluding hydrogens is 688 g/mol. The number of benzene rings is 4. The van der Waals surface area contributed by atoms with Crippen molar-refractivity contribution in [1.82, 2.24) is 20.5 Å². The van der Waals surface area contributed by atoms with Crippen molar-refractivity contribution in [1.29, 1.82) is 0 Å². The van der Waals surface area contributed by atoms with Gasteiger partial charge in [0.25, 0.3) is 6.47 Å². The molecule has 12 heteroatoms. The summed E-state index contributed by atoms with van der Waals surface area (Å²) >= 11 is 0. The van der Waals surface area contributed by atoms with Gasteiger partial charge in [0, 0.05) is 30.5 Å². The number of hydrogen-bond acceptors (Lipinski definition) is 8. The molecule has 1 aromatic heterocycles. The fraction of sp³-hybridized carbons (Fsp3) is 0.310. The number of hydrogen-bond donors (Lipinski definition) is 7. The van der Waals surface area contributed by atoms with E-state index in [1.54, 1.807) is 12.1 Å². The number of carbonyl (C=O) groups is 2.